The van der Waals surface area contributed by atoms with Crippen LogP contribution in [0.2, 0.25) is 0 Å². The van der Waals surface area contributed by atoms with E-state index in [1.807, 2.05) is 0 Å². The number of hydrogen-bond donors (Lipinski definition) is 2. The number of oxime groups is 1. The van der Waals surface area contributed by atoms with Crippen LogP contribution >= 0.6 is 0 Å². The first-order chi connectivity index (χ1) is 9.22. The summed E-state index contributed by atoms with van der Waals surface area (Å²) in [5.41, 5.74) is 5.81. The summed E-state index contributed by atoms with van der Waals surface area (Å²) >= 11 is 0. The van der Waals surface area contributed by atoms with E-state index in [1.54, 1.807) is 35.3 Å². The lowest BCUT2D eigenvalue weighted by atomic mass is 10.3. The summed E-state index contributed by atoms with van der Waals surface area (Å²) in [6.45, 7) is 2.91. The monoisotopic (exact) mass is 261 g/mol. The highest BCUT2D eigenvalue weighted by atomic mass is 16.5. The molecule has 0 aromatic carbocycles. The van der Waals surface area contributed by atoms with Crippen LogP contribution in [0.25, 0.3) is 0 Å². The number of pyridine rings is 1. The summed E-state index contributed by atoms with van der Waals surface area (Å²) in [6.07, 6.45) is 4.41. The van der Waals surface area contributed by atoms with Gasteiger partial charge in [-0.25, -0.2) is 4.98 Å². The smallest absolute Gasteiger partial charge is 0.220 e. The lowest BCUT2D eigenvalue weighted by molar-refractivity contribution is 0.318. The second-order valence-electron chi connectivity index (χ2n) is 3.89. The second kappa shape index (κ2) is 5.85. The van der Waals surface area contributed by atoms with Crippen molar-refractivity contribution in [3.8, 4) is 11.6 Å². The minimum Gasteiger partial charge on any atom is -0.436 e. The van der Waals surface area contributed by atoms with E-state index < -0.39 is 0 Å². The van der Waals surface area contributed by atoms with Gasteiger partial charge in [0.05, 0.1) is 12.4 Å². The van der Waals surface area contributed by atoms with Gasteiger partial charge in [0.25, 0.3) is 0 Å². The fraction of sp³-hybridized carbons (Fsp3) is 0.250. The number of rotatable bonds is 5. The van der Waals surface area contributed by atoms with Gasteiger partial charge in [0, 0.05) is 12.6 Å². The van der Waals surface area contributed by atoms with E-state index in [-0.39, 0.29) is 5.84 Å². The first-order valence-electron chi connectivity index (χ1n) is 5.88. The highest BCUT2D eigenvalue weighted by Gasteiger charge is 2.05. The van der Waals surface area contributed by atoms with Crippen LogP contribution < -0.4 is 10.5 Å². The van der Waals surface area contributed by atoms with E-state index in [0.717, 1.165) is 13.0 Å². The molecule has 0 unspecified atom stereocenters. The van der Waals surface area contributed by atoms with E-state index in [1.165, 1.54) is 0 Å². The number of ether oxygens (including phenoxy) is 1. The van der Waals surface area contributed by atoms with Gasteiger partial charge in [-0.05, 0) is 12.5 Å². The molecule has 0 spiro atoms. The van der Waals surface area contributed by atoms with Crippen LogP contribution in [0.15, 0.2) is 35.7 Å². The summed E-state index contributed by atoms with van der Waals surface area (Å²) < 4.78 is 7.35. The van der Waals surface area contributed by atoms with E-state index in [0.29, 0.717) is 17.3 Å². The Balaban J connectivity index is 2.14. The van der Waals surface area contributed by atoms with Gasteiger partial charge in [0.2, 0.25) is 5.88 Å². The molecule has 0 aliphatic carbocycles. The maximum atomic E-state index is 8.60. The summed E-state index contributed by atoms with van der Waals surface area (Å²) in [5, 5.41) is 15.6. The molecule has 19 heavy (non-hydrogen) atoms. The Kier molecular flexibility index (Phi) is 3.97. The van der Waals surface area contributed by atoms with Crippen molar-refractivity contribution in [1.29, 1.82) is 0 Å². The molecule has 0 aliphatic rings. The summed E-state index contributed by atoms with van der Waals surface area (Å²) in [5.74, 6) is 0.893. The molecular weight excluding hydrogens is 246 g/mol. The van der Waals surface area contributed by atoms with Crippen molar-refractivity contribution in [3.63, 3.8) is 0 Å². The van der Waals surface area contributed by atoms with Gasteiger partial charge in [0.15, 0.2) is 11.6 Å². The van der Waals surface area contributed by atoms with Gasteiger partial charge in [-0.3, -0.25) is 4.68 Å². The molecule has 0 radical (unpaired) electrons. The topological polar surface area (TPSA) is 98.5 Å². The normalized spacial score (nSPS) is 11.5. The molecule has 2 rings (SSSR count). The highest BCUT2D eigenvalue weighted by molar-refractivity contribution is 5.95. The summed E-state index contributed by atoms with van der Waals surface area (Å²) in [6, 6.07) is 5.03. The lowest BCUT2D eigenvalue weighted by Gasteiger charge is -2.03. The van der Waals surface area contributed by atoms with E-state index in [9.17, 15) is 0 Å². The highest BCUT2D eigenvalue weighted by Crippen LogP contribution is 2.18. The van der Waals surface area contributed by atoms with Crippen LogP contribution in [0.5, 0.6) is 11.6 Å². The maximum absolute atomic E-state index is 8.60. The molecule has 2 aromatic rings. The van der Waals surface area contributed by atoms with E-state index in [4.69, 9.17) is 15.7 Å². The molecule has 0 saturated heterocycles. The molecule has 100 valence electrons. The fourth-order valence-corrected chi connectivity index (χ4v) is 1.53. The van der Waals surface area contributed by atoms with Crippen molar-refractivity contribution in [3.05, 3.63) is 36.3 Å². The number of aryl methyl sites for hydroxylation is 1. The van der Waals surface area contributed by atoms with Crippen LogP contribution in [0.1, 0.15) is 19.0 Å². The van der Waals surface area contributed by atoms with Gasteiger partial charge in [-0.2, -0.15) is 5.10 Å². The van der Waals surface area contributed by atoms with Crippen molar-refractivity contribution in [2.75, 3.05) is 0 Å². The molecule has 3 N–H and O–H groups in total. The van der Waals surface area contributed by atoms with Crippen LogP contribution in [0.4, 0.5) is 0 Å². The molecule has 0 bridgehead atoms. The first-order valence-corrected chi connectivity index (χ1v) is 5.88. The Bertz CT molecular complexity index is 579. The molecule has 0 aliphatic heterocycles. The van der Waals surface area contributed by atoms with Gasteiger partial charge >= 0.3 is 0 Å². The Morgan fingerprint density at radius 3 is 3.11 bits per heavy atom. The molecule has 2 aromatic heterocycles. The zero-order valence-electron chi connectivity index (χ0n) is 10.5. The molecule has 0 amide bonds. The number of nitrogens with two attached hydrogens (primary N) is 1. The van der Waals surface area contributed by atoms with Gasteiger partial charge in [0.1, 0.15) is 5.69 Å². The minimum absolute atomic E-state index is 0.0628. The number of aromatic nitrogens is 3. The predicted molar refractivity (Wildman–Crippen MR) is 69.3 cm³/mol. The molecule has 7 nitrogen and oxygen atoms in total. The third kappa shape index (κ3) is 3.21. The third-order valence-corrected chi connectivity index (χ3v) is 2.38. The van der Waals surface area contributed by atoms with Crippen molar-refractivity contribution < 1.29 is 9.94 Å². The van der Waals surface area contributed by atoms with Gasteiger partial charge in [-0.15, -0.1) is 0 Å². The molecule has 7 heteroatoms. The van der Waals surface area contributed by atoms with Crippen LogP contribution in [0, 0.1) is 0 Å². The Labute approximate surface area is 110 Å². The molecule has 0 atom stereocenters. The summed E-state index contributed by atoms with van der Waals surface area (Å²) in [7, 11) is 0. The van der Waals surface area contributed by atoms with Gasteiger partial charge < -0.3 is 15.7 Å². The van der Waals surface area contributed by atoms with E-state index in [2.05, 4.69) is 22.2 Å². The first kappa shape index (κ1) is 12.9. The number of nitrogens with zero attached hydrogens (tertiary/aromatic N) is 4. The fourth-order valence-electron chi connectivity index (χ4n) is 1.53. The van der Waals surface area contributed by atoms with Crippen LogP contribution in [-0.2, 0) is 6.54 Å². The standard InChI is InChI=1S/C12H15N5O2/c1-2-6-17-8-9(7-14-17)19-11-5-3-4-10(15-11)12(13)16-18/h3-5,7-8,18H,2,6H2,1H3,(H2,13,16). The number of hydrogen-bond acceptors (Lipinski definition) is 5. The Hall–Kier alpha value is -2.57. The average Bonchev–Trinajstić information content (AvgIpc) is 2.86. The van der Waals surface area contributed by atoms with Crippen molar-refractivity contribution in [2.24, 2.45) is 10.9 Å². The van der Waals surface area contributed by atoms with Crippen molar-refractivity contribution >= 4 is 5.84 Å². The zero-order chi connectivity index (χ0) is 13.7. The minimum atomic E-state index is -0.0628. The molecule has 0 fully saturated rings. The van der Waals surface area contributed by atoms with E-state index >= 15 is 0 Å². The molecular formula is C12H15N5O2. The quantitative estimate of drug-likeness (QED) is 0.368. The Morgan fingerprint density at radius 1 is 1.53 bits per heavy atom. The predicted octanol–water partition coefficient (Wildman–Crippen LogP) is 1.57. The van der Waals surface area contributed by atoms with Gasteiger partial charge in [-0.1, -0.05) is 18.1 Å². The second-order valence-corrected chi connectivity index (χ2v) is 3.89. The van der Waals surface area contributed by atoms with Crippen molar-refractivity contribution in [2.45, 2.75) is 19.9 Å². The zero-order valence-corrected chi connectivity index (χ0v) is 10.5. The largest absolute Gasteiger partial charge is 0.436 e. The average molecular weight is 261 g/mol. The Morgan fingerprint density at radius 2 is 2.37 bits per heavy atom. The van der Waals surface area contributed by atoms with Crippen molar-refractivity contribution in [1.82, 2.24) is 14.8 Å². The van der Waals surface area contributed by atoms with Crippen LogP contribution in [-0.4, -0.2) is 25.8 Å². The van der Waals surface area contributed by atoms with Crippen LogP contribution in [0.3, 0.4) is 0 Å². The molecule has 0 saturated carbocycles. The summed E-state index contributed by atoms with van der Waals surface area (Å²) in [4.78, 5) is 4.12. The lowest BCUT2D eigenvalue weighted by Crippen LogP contribution is -2.14. The number of amidine groups is 1. The molecule has 2 heterocycles. The SMILES string of the molecule is CCCn1cc(Oc2cccc(/C(N)=N/O)n2)cn1. The third-order valence-electron chi connectivity index (χ3n) is 2.38. The maximum Gasteiger partial charge on any atom is 0.220 e.